The van der Waals surface area contributed by atoms with E-state index < -0.39 is 17.1 Å². The maximum atomic E-state index is 12.3. The monoisotopic (exact) mass is 595 g/mol. The van der Waals surface area contributed by atoms with Crippen molar-refractivity contribution in [2.45, 2.75) is 87.9 Å². The fourth-order valence-electron chi connectivity index (χ4n) is 5.77. The molecule has 2 saturated heterocycles. The number of methoxy groups -OCH3 is 2. The van der Waals surface area contributed by atoms with Crippen LogP contribution in [-0.2, 0) is 16.0 Å². The number of thioether (sulfide) groups is 3. The molecule has 218 valence electrons. The minimum absolute atomic E-state index is 0.00231. The molecule has 2 N–H and O–H groups in total. The van der Waals surface area contributed by atoms with Gasteiger partial charge in [0, 0.05) is 28.7 Å². The van der Waals surface area contributed by atoms with Crippen LogP contribution in [0, 0.1) is 5.41 Å². The molecule has 10 heteroatoms. The average molecular weight is 596 g/mol. The van der Waals surface area contributed by atoms with Crippen LogP contribution < -0.4 is 10.1 Å². The predicted molar refractivity (Wildman–Crippen MR) is 166 cm³/mol. The van der Waals surface area contributed by atoms with E-state index in [0.29, 0.717) is 5.75 Å². The van der Waals surface area contributed by atoms with E-state index in [9.17, 15) is 9.90 Å². The van der Waals surface area contributed by atoms with E-state index in [1.807, 2.05) is 36.5 Å². The first-order valence-corrected chi connectivity index (χ1v) is 17.0. The lowest BCUT2D eigenvalue weighted by atomic mass is 9.81. The van der Waals surface area contributed by atoms with Gasteiger partial charge in [0.05, 0.1) is 42.7 Å². The summed E-state index contributed by atoms with van der Waals surface area (Å²) in [5, 5.41) is 16.4. The minimum Gasteiger partial charge on any atom is -0.496 e. The fraction of sp³-hybridized carbons (Fsp3) is 0.724. The van der Waals surface area contributed by atoms with Gasteiger partial charge in [-0.25, -0.2) is 0 Å². The van der Waals surface area contributed by atoms with Crippen molar-refractivity contribution in [2.24, 2.45) is 10.4 Å². The largest absolute Gasteiger partial charge is 0.496 e. The number of aryl methyl sites for hydroxylation is 1. The highest BCUT2D eigenvalue weighted by Gasteiger charge is 2.53. The summed E-state index contributed by atoms with van der Waals surface area (Å²) in [6, 6.07) is 6.49. The Balaban J connectivity index is 1.47. The molecule has 1 aromatic carbocycles. The van der Waals surface area contributed by atoms with E-state index >= 15 is 0 Å². The Morgan fingerprint density at radius 1 is 1.28 bits per heavy atom. The molecule has 0 bridgehead atoms. The zero-order chi connectivity index (χ0) is 28.4. The van der Waals surface area contributed by atoms with Gasteiger partial charge in [0.1, 0.15) is 16.3 Å². The molecular formula is C29H45N3O4S3. The van der Waals surface area contributed by atoms with Gasteiger partial charge in [-0.15, -0.1) is 35.3 Å². The lowest BCUT2D eigenvalue weighted by Gasteiger charge is -2.42. The Hall–Kier alpha value is -0.910. The van der Waals surface area contributed by atoms with Crippen molar-refractivity contribution in [3.8, 4) is 5.75 Å². The number of likely N-dealkylation sites (N-methyl/N-ethyl adjacent to an activating group) is 1. The number of ether oxygens (including phenoxy) is 2. The zero-order valence-corrected chi connectivity index (χ0v) is 26.8. The highest BCUT2D eigenvalue weighted by atomic mass is 32.2. The number of carbonyl (C=O) groups excluding carboxylic acids is 1. The summed E-state index contributed by atoms with van der Waals surface area (Å²) in [5.74, 6) is 3.04. The number of aliphatic hydroxyl groups is 1. The molecule has 6 unspecified atom stereocenters. The van der Waals surface area contributed by atoms with Crippen LogP contribution in [0.15, 0.2) is 23.2 Å². The number of benzene rings is 1. The Labute approximate surface area is 247 Å². The van der Waals surface area contributed by atoms with Gasteiger partial charge in [0.15, 0.2) is 0 Å². The van der Waals surface area contributed by atoms with Gasteiger partial charge in [0.2, 0.25) is 0 Å². The van der Waals surface area contributed by atoms with Crippen LogP contribution in [0.2, 0.25) is 0 Å². The van der Waals surface area contributed by atoms with Gasteiger partial charge >= 0.3 is 5.97 Å². The van der Waals surface area contributed by atoms with Crippen molar-refractivity contribution < 1.29 is 19.4 Å². The number of nitrogens with zero attached hydrogens (tertiary/aromatic N) is 2. The van der Waals surface area contributed by atoms with Crippen LogP contribution in [-0.4, -0.2) is 94.0 Å². The number of carbonyl (C=O) groups is 1. The molecule has 39 heavy (non-hydrogen) atoms. The summed E-state index contributed by atoms with van der Waals surface area (Å²) in [5.41, 5.74) is 1.29. The molecule has 0 amide bonds. The molecular weight excluding hydrogens is 551 g/mol. The summed E-state index contributed by atoms with van der Waals surface area (Å²) in [6.07, 6.45) is 4.06. The first-order valence-electron chi connectivity index (χ1n) is 13.9. The van der Waals surface area contributed by atoms with Gasteiger partial charge in [-0.05, 0) is 38.4 Å². The van der Waals surface area contributed by atoms with Gasteiger partial charge in [-0.2, -0.15) is 0 Å². The van der Waals surface area contributed by atoms with Crippen LogP contribution in [0.4, 0.5) is 0 Å². The smallest absolute Gasteiger partial charge is 0.326 e. The zero-order valence-electron chi connectivity index (χ0n) is 24.4. The Bertz CT molecular complexity index is 1050. The number of nitrogens with one attached hydrogen (secondary N) is 1. The highest BCUT2D eigenvalue weighted by Crippen LogP contribution is 2.45. The molecule has 0 aromatic heterocycles. The molecule has 0 saturated carbocycles. The van der Waals surface area contributed by atoms with Gasteiger partial charge in [0.25, 0.3) is 0 Å². The van der Waals surface area contributed by atoms with Crippen molar-refractivity contribution in [1.29, 1.82) is 0 Å². The second-order valence-corrected chi connectivity index (χ2v) is 14.9. The maximum absolute atomic E-state index is 12.3. The summed E-state index contributed by atoms with van der Waals surface area (Å²) < 4.78 is 10.8. The van der Waals surface area contributed by atoms with E-state index in [1.165, 1.54) is 31.9 Å². The normalized spacial score (nSPS) is 30.4. The molecule has 4 rings (SSSR count). The minimum atomic E-state index is -0.736. The van der Waals surface area contributed by atoms with Gasteiger partial charge in [-0.3, -0.25) is 20.0 Å². The topological polar surface area (TPSA) is 83.4 Å². The summed E-state index contributed by atoms with van der Waals surface area (Å²) in [4.78, 5) is 19.9. The number of aliphatic imine (C=N–C) groups is 1. The second kappa shape index (κ2) is 12.9. The number of esters is 1. The Kier molecular flexibility index (Phi) is 10.3. The third-order valence-electron chi connectivity index (χ3n) is 8.39. The van der Waals surface area contributed by atoms with Crippen LogP contribution in [0.5, 0.6) is 5.75 Å². The standard InChI is InChI=1S/C29H45N3O4S3/c1-8-9-10-12-18-13-11-14-21(35-6)22(18)24-30-19(15-37-24)25-32(5)20(16-38-25)23(33)28(2,3)26-31-29(4,17-39-26)27(34)36-7/h11,13-14,19-20,23,25-26,31,33H,8-10,12,15-17H2,1-7H3. The predicted octanol–water partition coefficient (Wildman–Crippen LogP) is 4.64. The van der Waals surface area contributed by atoms with Gasteiger partial charge in [-0.1, -0.05) is 45.7 Å². The van der Waals surface area contributed by atoms with Gasteiger partial charge < -0.3 is 14.6 Å². The van der Waals surface area contributed by atoms with E-state index in [4.69, 9.17) is 14.5 Å². The van der Waals surface area contributed by atoms with Crippen molar-refractivity contribution in [3.05, 3.63) is 29.3 Å². The first-order chi connectivity index (χ1) is 18.6. The molecule has 2 fully saturated rings. The molecule has 0 radical (unpaired) electrons. The number of hydrogen-bond donors (Lipinski definition) is 2. The molecule has 6 atom stereocenters. The number of hydrogen-bond acceptors (Lipinski definition) is 10. The third-order valence-corrected chi connectivity index (χ3v) is 12.8. The molecule has 3 aliphatic rings. The van der Waals surface area contributed by atoms with E-state index in [2.05, 4.69) is 50.2 Å². The Morgan fingerprint density at radius 2 is 2.05 bits per heavy atom. The number of aliphatic hydroxyl groups excluding tert-OH is 1. The number of rotatable bonds is 11. The Morgan fingerprint density at radius 3 is 2.74 bits per heavy atom. The summed E-state index contributed by atoms with van der Waals surface area (Å²) >= 11 is 5.41. The average Bonchev–Trinajstić information content (AvgIpc) is 3.66. The van der Waals surface area contributed by atoms with E-state index in [1.54, 1.807) is 18.9 Å². The van der Waals surface area contributed by atoms with Crippen LogP contribution in [0.1, 0.15) is 58.1 Å². The maximum Gasteiger partial charge on any atom is 0.326 e. The number of unbranched alkanes of at least 4 members (excludes halogenated alkanes) is 2. The highest BCUT2D eigenvalue weighted by molar-refractivity contribution is 8.14. The SMILES string of the molecule is CCCCCc1cccc(OC)c1C1=NC(C2SCC(C(O)C(C)(C)C3NC(C)(C(=O)OC)CS3)N2C)CS1. The summed E-state index contributed by atoms with van der Waals surface area (Å²) in [7, 11) is 5.29. The van der Waals surface area contributed by atoms with Crippen LogP contribution in [0.3, 0.4) is 0 Å². The second-order valence-electron chi connectivity index (χ2n) is 11.6. The van der Waals surface area contributed by atoms with E-state index in [0.717, 1.165) is 34.3 Å². The molecule has 3 heterocycles. The quantitative estimate of drug-likeness (QED) is 0.281. The first kappa shape index (κ1) is 31.0. The molecule has 1 aromatic rings. The molecule has 0 spiro atoms. The van der Waals surface area contributed by atoms with Crippen molar-refractivity contribution in [3.63, 3.8) is 0 Å². The van der Waals surface area contributed by atoms with Crippen molar-refractivity contribution in [2.75, 3.05) is 38.5 Å². The van der Waals surface area contributed by atoms with Crippen LogP contribution >= 0.6 is 35.3 Å². The van der Waals surface area contributed by atoms with Crippen molar-refractivity contribution in [1.82, 2.24) is 10.2 Å². The lowest BCUT2D eigenvalue weighted by molar-refractivity contribution is -0.147. The molecule has 3 aliphatic heterocycles. The molecule has 7 nitrogen and oxygen atoms in total. The van der Waals surface area contributed by atoms with Crippen LogP contribution in [0.25, 0.3) is 0 Å². The summed E-state index contributed by atoms with van der Waals surface area (Å²) in [6.45, 7) is 8.31. The van der Waals surface area contributed by atoms with Crippen molar-refractivity contribution >= 4 is 46.3 Å². The molecule has 0 aliphatic carbocycles. The third kappa shape index (κ3) is 6.31. The van der Waals surface area contributed by atoms with E-state index in [-0.39, 0.29) is 28.8 Å². The lowest BCUT2D eigenvalue weighted by Crippen LogP contribution is -2.58. The fourth-order valence-corrected chi connectivity index (χ4v) is 10.3.